The number of nitrogens with zero attached hydrogens (tertiary/aromatic N) is 3. The van der Waals surface area contributed by atoms with Crippen LogP contribution in [0, 0.1) is 12.7 Å². The Balaban J connectivity index is 1.30. The number of ether oxygens (including phenoxy) is 2. The number of benzene rings is 3. The van der Waals surface area contributed by atoms with Crippen LogP contribution in [0.25, 0.3) is 22.5 Å². The first-order valence-corrected chi connectivity index (χ1v) is 10.9. The molecule has 6 rings (SSSR count). The number of carbonyl (C=O) groups is 1. The summed E-state index contributed by atoms with van der Waals surface area (Å²) in [6, 6.07) is 15.8. The van der Waals surface area contributed by atoms with E-state index in [9.17, 15) is 9.18 Å². The van der Waals surface area contributed by atoms with Crippen LogP contribution in [0.5, 0.6) is 11.5 Å². The van der Waals surface area contributed by atoms with E-state index >= 15 is 0 Å². The molecule has 0 saturated heterocycles. The van der Waals surface area contributed by atoms with Gasteiger partial charge in [0.15, 0.2) is 11.5 Å². The van der Waals surface area contributed by atoms with Crippen molar-refractivity contribution >= 4 is 11.6 Å². The number of nitrogens with one attached hydrogen (secondary N) is 2. The van der Waals surface area contributed by atoms with E-state index in [2.05, 4.69) is 25.9 Å². The van der Waals surface area contributed by atoms with Gasteiger partial charge < -0.3 is 14.8 Å². The molecule has 34 heavy (non-hydrogen) atoms. The molecule has 170 valence electrons. The predicted molar refractivity (Wildman–Crippen MR) is 122 cm³/mol. The van der Waals surface area contributed by atoms with Gasteiger partial charge in [-0.15, -0.1) is 10.2 Å². The minimum Gasteiger partial charge on any atom is -0.454 e. The highest BCUT2D eigenvalue weighted by atomic mass is 19.1. The maximum Gasteiger partial charge on any atom is 0.235 e. The Morgan fingerprint density at radius 1 is 1.03 bits per heavy atom. The lowest BCUT2D eigenvalue weighted by Gasteiger charge is -2.17. The quantitative estimate of drug-likeness (QED) is 0.461. The lowest BCUT2D eigenvalue weighted by molar-refractivity contribution is -0.118. The second-order valence-corrected chi connectivity index (χ2v) is 8.56. The number of fused-ring (bicyclic) bond motifs is 1. The van der Waals surface area contributed by atoms with E-state index in [1.54, 1.807) is 18.2 Å². The maximum absolute atomic E-state index is 14.8. The van der Waals surface area contributed by atoms with Crippen molar-refractivity contribution in [3.63, 3.8) is 0 Å². The number of tetrazole rings is 1. The van der Waals surface area contributed by atoms with E-state index in [-0.39, 0.29) is 18.5 Å². The number of aromatic amines is 1. The van der Waals surface area contributed by atoms with Gasteiger partial charge in [-0.1, -0.05) is 12.1 Å². The lowest BCUT2D eigenvalue weighted by Crippen LogP contribution is -2.27. The minimum atomic E-state index is -0.601. The first-order valence-electron chi connectivity index (χ1n) is 10.9. The number of aromatic nitrogens is 4. The number of halogens is 1. The van der Waals surface area contributed by atoms with Crippen molar-refractivity contribution in [2.24, 2.45) is 0 Å². The van der Waals surface area contributed by atoms with Gasteiger partial charge >= 0.3 is 0 Å². The fourth-order valence-electron chi connectivity index (χ4n) is 4.36. The number of hydrogen-bond donors (Lipinski definition) is 2. The topological polar surface area (TPSA) is 102 Å². The molecule has 0 bridgehead atoms. The largest absolute Gasteiger partial charge is 0.454 e. The van der Waals surface area contributed by atoms with Crippen LogP contribution in [-0.2, 0) is 10.2 Å². The molecular formula is C25H20FN5O3. The summed E-state index contributed by atoms with van der Waals surface area (Å²) in [5.41, 5.74) is 3.48. The summed E-state index contributed by atoms with van der Waals surface area (Å²) in [6.45, 7) is 2.09. The van der Waals surface area contributed by atoms with Gasteiger partial charge in [0.1, 0.15) is 5.82 Å². The molecule has 3 aromatic carbocycles. The zero-order chi connectivity index (χ0) is 23.3. The molecule has 1 amide bonds. The van der Waals surface area contributed by atoms with Crippen molar-refractivity contribution < 1.29 is 18.7 Å². The number of amides is 1. The predicted octanol–water partition coefficient (Wildman–Crippen LogP) is 4.38. The van der Waals surface area contributed by atoms with Gasteiger partial charge in [0, 0.05) is 16.8 Å². The molecule has 0 spiro atoms. The SMILES string of the molecule is Cc1ccc(NC(=O)C2(c3ccc4c(c3)OCO4)CC2)cc1-c1cc(-c2nn[nH]n2)ccc1F. The summed E-state index contributed by atoms with van der Waals surface area (Å²) >= 11 is 0. The average Bonchev–Trinajstić information content (AvgIpc) is 3.24. The first kappa shape index (κ1) is 20.3. The molecule has 1 fully saturated rings. The Morgan fingerprint density at radius 3 is 2.68 bits per heavy atom. The number of carbonyl (C=O) groups excluding carboxylic acids is 1. The maximum atomic E-state index is 14.8. The monoisotopic (exact) mass is 457 g/mol. The number of rotatable bonds is 5. The van der Waals surface area contributed by atoms with Crippen LogP contribution >= 0.6 is 0 Å². The van der Waals surface area contributed by atoms with Crippen LogP contribution in [-0.4, -0.2) is 33.3 Å². The third kappa shape index (κ3) is 3.37. The first-order chi connectivity index (χ1) is 16.5. The Hall–Kier alpha value is -4.27. The van der Waals surface area contributed by atoms with E-state index < -0.39 is 5.41 Å². The van der Waals surface area contributed by atoms with Crippen LogP contribution in [0.2, 0.25) is 0 Å². The van der Waals surface area contributed by atoms with Gasteiger partial charge in [-0.3, -0.25) is 4.79 Å². The molecule has 1 aromatic heterocycles. The summed E-state index contributed by atoms with van der Waals surface area (Å²) in [6.07, 6.45) is 1.50. The third-order valence-corrected chi connectivity index (χ3v) is 6.47. The molecular weight excluding hydrogens is 437 g/mol. The summed E-state index contributed by atoms with van der Waals surface area (Å²) in [7, 11) is 0. The zero-order valence-corrected chi connectivity index (χ0v) is 18.3. The highest BCUT2D eigenvalue weighted by molar-refractivity contribution is 6.02. The number of H-pyrrole nitrogens is 1. The third-order valence-electron chi connectivity index (χ3n) is 6.47. The highest BCUT2D eigenvalue weighted by Crippen LogP contribution is 2.51. The zero-order valence-electron chi connectivity index (χ0n) is 18.3. The van der Waals surface area contributed by atoms with Crippen LogP contribution < -0.4 is 14.8 Å². The van der Waals surface area contributed by atoms with Crippen LogP contribution in [0.15, 0.2) is 54.6 Å². The number of hydrogen-bond acceptors (Lipinski definition) is 6. The lowest BCUT2D eigenvalue weighted by atomic mass is 9.94. The minimum absolute atomic E-state index is 0.0952. The van der Waals surface area contributed by atoms with Crippen LogP contribution in [0.3, 0.4) is 0 Å². The Kier molecular flexibility index (Phi) is 4.58. The Labute approximate surface area is 194 Å². The highest BCUT2D eigenvalue weighted by Gasteiger charge is 2.51. The summed E-state index contributed by atoms with van der Waals surface area (Å²) in [5, 5.41) is 17.0. The molecule has 4 aromatic rings. The molecule has 0 atom stereocenters. The normalized spacial score (nSPS) is 15.2. The van der Waals surface area contributed by atoms with Crippen molar-refractivity contribution in [2.45, 2.75) is 25.2 Å². The number of anilines is 1. The summed E-state index contributed by atoms with van der Waals surface area (Å²) in [4.78, 5) is 13.3. The molecule has 2 N–H and O–H groups in total. The molecule has 2 aliphatic rings. The van der Waals surface area contributed by atoms with Crippen LogP contribution in [0.1, 0.15) is 24.0 Å². The van der Waals surface area contributed by atoms with Crippen molar-refractivity contribution in [2.75, 3.05) is 12.1 Å². The second-order valence-electron chi connectivity index (χ2n) is 8.56. The van der Waals surface area contributed by atoms with Gasteiger partial charge in [0.05, 0.1) is 5.41 Å². The van der Waals surface area contributed by atoms with Gasteiger partial charge in [-0.05, 0) is 84.1 Å². The number of aryl methyl sites for hydroxylation is 1. The van der Waals surface area contributed by atoms with Crippen molar-refractivity contribution in [3.05, 3.63) is 71.5 Å². The van der Waals surface area contributed by atoms with E-state index in [1.807, 2.05) is 37.3 Å². The smallest absolute Gasteiger partial charge is 0.235 e. The van der Waals surface area contributed by atoms with E-state index in [0.717, 1.165) is 24.0 Å². The van der Waals surface area contributed by atoms with E-state index in [1.165, 1.54) is 6.07 Å². The molecule has 1 aliphatic carbocycles. The average molecular weight is 457 g/mol. The van der Waals surface area contributed by atoms with E-state index in [4.69, 9.17) is 9.47 Å². The second kappa shape index (κ2) is 7.65. The van der Waals surface area contributed by atoms with Gasteiger partial charge in [-0.2, -0.15) is 5.21 Å². The molecule has 9 heteroatoms. The molecule has 1 saturated carbocycles. The Morgan fingerprint density at radius 2 is 1.88 bits per heavy atom. The summed E-state index contributed by atoms with van der Waals surface area (Å²) < 4.78 is 25.7. The molecule has 2 heterocycles. The molecule has 0 unspecified atom stereocenters. The van der Waals surface area contributed by atoms with Gasteiger partial charge in [-0.25, -0.2) is 4.39 Å². The fourth-order valence-corrected chi connectivity index (χ4v) is 4.36. The van der Waals surface area contributed by atoms with E-state index in [0.29, 0.717) is 39.7 Å². The molecule has 1 aliphatic heterocycles. The molecule has 8 nitrogen and oxygen atoms in total. The summed E-state index contributed by atoms with van der Waals surface area (Å²) in [5.74, 6) is 1.25. The van der Waals surface area contributed by atoms with Gasteiger partial charge in [0.25, 0.3) is 0 Å². The van der Waals surface area contributed by atoms with Crippen molar-refractivity contribution in [3.8, 4) is 34.0 Å². The van der Waals surface area contributed by atoms with Crippen LogP contribution in [0.4, 0.5) is 10.1 Å². The fraction of sp³-hybridized carbons (Fsp3) is 0.200. The standard InChI is InChI=1S/C25H20FN5O3/c1-14-2-5-17(12-18(14)19-10-15(3-6-20(19)26)23-28-30-31-29-23)27-24(32)25(8-9-25)16-4-7-21-22(11-16)34-13-33-21/h2-7,10-12H,8-9,13H2,1H3,(H,27,32)(H,28,29,30,31). The van der Waals surface area contributed by atoms with Gasteiger partial charge in [0.2, 0.25) is 18.5 Å². The van der Waals surface area contributed by atoms with Crippen molar-refractivity contribution in [1.82, 2.24) is 20.6 Å². The Bertz CT molecular complexity index is 1420. The molecule has 0 radical (unpaired) electrons. The van der Waals surface area contributed by atoms with Crippen molar-refractivity contribution in [1.29, 1.82) is 0 Å².